The van der Waals surface area contributed by atoms with Crippen LogP contribution in [0.15, 0.2) is 62.6 Å². The van der Waals surface area contributed by atoms with Gasteiger partial charge in [-0.25, -0.2) is 19.6 Å². The summed E-state index contributed by atoms with van der Waals surface area (Å²) in [6.45, 7) is 3.19. The number of rotatable bonds is 3. The minimum atomic E-state index is -0.700. The lowest BCUT2D eigenvalue weighted by molar-refractivity contribution is 0.0724. The lowest BCUT2D eigenvalue weighted by atomic mass is 10.0. The third kappa shape index (κ3) is 2.99. The first-order chi connectivity index (χ1) is 13.0. The third-order valence-electron chi connectivity index (χ3n) is 4.20. The van der Waals surface area contributed by atoms with Crippen molar-refractivity contribution in [1.82, 2.24) is 9.97 Å². The number of fused-ring (bicyclic) bond motifs is 1. The molecule has 3 heterocycles. The number of carbonyl (C=O) groups is 1. The van der Waals surface area contributed by atoms with Crippen LogP contribution in [0.3, 0.4) is 0 Å². The minimum absolute atomic E-state index is 0.0901. The Bertz CT molecular complexity index is 1180. The molecule has 0 aliphatic rings. The molecule has 0 fully saturated rings. The van der Waals surface area contributed by atoms with Crippen molar-refractivity contribution in [2.45, 2.75) is 13.8 Å². The van der Waals surface area contributed by atoms with Gasteiger partial charge in [0.2, 0.25) is 5.88 Å². The first kappa shape index (κ1) is 16.7. The standard InChI is InChI=1S/C20H14N2O5/c1-11-17(20(24)26-16-7-8-21-10-22-16)12(2)19(23)27-18(11)15-9-13-5-3-4-6-14(13)25-15/h3-10H,1-2H3. The van der Waals surface area contributed by atoms with E-state index in [4.69, 9.17) is 13.6 Å². The van der Waals surface area contributed by atoms with Crippen molar-refractivity contribution in [1.29, 1.82) is 0 Å². The van der Waals surface area contributed by atoms with Gasteiger partial charge in [0.05, 0.1) is 5.56 Å². The van der Waals surface area contributed by atoms with Gasteiger partial charge in [-0.15, -0.1) is 0 Å². The van der Waals surface area contributed by atoms with E-state index in [1.165, 1.54) is 25.5 Å². The average Bonchev–Trinajstić information content (AvgIpc) is 3.09. The molecule has 1 aromatic carbocycles. The van der Waals surface area contributed by atoms with Crippen LogP contribution >= 0.6 is 0 Å². The molecule has 0 aliphatic heterocycles. The molecule has 27 heavy (non-hydrogen) atoms. The second-order valence-corrected chi connectivity index (χ2v) is 5.93. The van der Waals surface area contributed by atoms with Crippen LogP contribution in [0, 0.1) is 13.8 Å². The molecule has 0 saturated carbocycles. The number of nitrogens with zero attached hydrogens (tertiary/aromatic N) is 2. The molecule has 0 atom stereocenters. The van der Waals surface area contributed by atoms with Gasteiger partial charge in [-0.05, 0) is 26.0 Å². The zero-order valence-corrected chi connectivity index (χ0v) is 14.6. The molecule has 3 aromatic heterocycles. The van der Waals surface area contributed by atoms with Crippen molar-refractivity contribution < 1.29 is 18.4 Å². The number of ether oxygens (including phenoxy) is 1. The van der Waals surface area contributed by atoms with E-state index in [0.29, 0.717) is 16.9 Å². The van der Waals surface area contributed by atoms with Gasteiger partial charge in [0.25, 0.3) is 0 Å². The molecule has 7 heteroatoms. The molecular formula is C20H14N2O5. The van der Waals surface area contributed by atoms with Gasteiger partial charge in [0, 0.05) is 28.8 Å². The van der Waals surface area contributed by atoms with Crippen molar-refractivity contribution >= 4 is 16.9 Å². The fourth-order valence-corrected chi connectivity index (χ4v) is 2.86. The molecule has 7 nitrogen and oxygen atoms in total. The Hall–Kier alpha value is -3.74. The molecule has 4 aromatic rings. The summed E-state index contributed by atoms with van der Waals surface area (Å²) in [5.74, 6) is -0.0559. The Kier molecular flexibility index (Phi) is 4.04. The topological polar surface area (TPSA) is 95.4 Å². The molecule has 0 radical (unpaired) electrons. The lowest BCUT2D eigenvalue weighted by Crippen LogP contribution is -2.19. The van der Waals surface area contributed by atoms with Crippen LogP contribution in [-0.2, 0) is 0 Å². The summed E-state index contributed by atoms with van der Waals surface area (Å²) in [4.78, 5) is 32.6. The Morgan fingerprint density at radius 1 is 1.07 bits per heavy atom. The molecule has 0 spiro atoms. The molecule has 0 N–H and O–H groups in total. The molecule has 0 bridgehead atoms. The summed E-state index contributed by atoms with van der Waals surface area (Å²) in [5, 5.41) is 0.861. The summed E-state index contributed by atoms with van der Waals surface area (Å²) in [6.07, 6.45) is 2.72. The van der Waals surface area contributed by atoms with E-state index < -0.39 is 11.6 Å². The van der Waals surface area contributed by atoms with Gasteiger partial charge in [0.1, 0.15) is 11.9 Å². The zero-order chi connectivity index (χ0) is 19.0. The van der Waals surface area contributed by atoms with Gasteiger partial charge < -0.3 is 13.6 Å². The smallest absolute Gasteiger partial charge is 0.345 e. The highest BCUT2D eigenvalue weighted by atomic mass is 16.5. The van der Waals surface area contributed by atoms with Crippen LogP contribution in [-0.4, -0.2) is 15.9 Å². The van der Waals surface area contributed by atoms with E-state index in [1.54, 1.807) is 13.0 Å². The van der Waals surface area contributed by atoms with Gasteiger partial charge in [-0.1, -0.05) is 18.2 Å². The van der Waals surface area contributed by atoms with Crippen molar-refractivity contribution in [2.75, 3.05) is 0 Å². The van der Waals surface area contributed by atoms with Crippen LogP contribution in [0.1, 0.15) is 21.5 Å². The Morgan fingerprint density at radius 3 is 2.63 bits per heavy atom. The first-order valence-corrected chi connectivity index (χ1v) is 8.16. The van der Waals surface area contributed by atoms with E-state index in [2.05, 4.69) is 9.97 Å². The summed E-state index contributed by atoms with van der Waals surface area (Å²) in [7, 11) is 0. The van der Waals surface area contributed by atoms with Crippen LogP contribution in [0.25, 0.3) is 22.5 Å². The van der Waals surface area contributed by atoms with Crippen molar-refractivity contribution in [3.63, 3.8) is 0 Å². The van der Waals surface area contributed by atoms with Crippen LogP contribution < -0.4 is 10.4 Å². The Morgan fingerprint density at radius 2 is 1.89 bits per heavy atom. The molecule has 0 aliphatic carbocycles. The molecule has 0 unspecified atom stereocenters. The number of esters is 1. The van der Waals surface area contributed by atoms with Crippen LogP contribution in [0.2, 0.25) is 0 Å². The van der Waals surface area contributed by atoms with E-state index in [9.17, 15) is 9.59 Å². The number of furan rings is 1. The molecule has 0 saturated heterocycles. The number of aromatic nitrogens is 2. The number of carbonyl (C=O) groups excluding carboxylic acids is 1. The highest BCUT2D eigenvalue weighted by Gasteiger charge is 2.24. The normalized spacial score (nSPS) is 10.9. The fraction of sp³-hybridized carbons (Fsp3) is 0.100. The largest absolute Gasteiger partial charge is 0.453 e. The van der Waals surface area contributed by atoms with Gasteiger partial charge in [-0.3, -0.25) is 0 Å². The summed E-state index contributed by atoms with van der Waals surface area (Å²) < 4.78 is 16.5. The minimum Gasteiger partial charge on any atom is -0.453 e. The summed E-state index contributed by atoms with van der Waals surface area (Å²) >= 11 is 0. The van der Waals surface area contributed by atoms with Gasteiger partial charge in [-0.2, -0.15) is 0 Å². The van der Waals surface area contributed by atoms with Crippen LogP contribution in [0.4, 0.5) is 0 Å². The molecule has 4 rings (SSSR count). The van der Waals surface area contributed by atoms with E-state index in [-0.39, 0.29) is 22.8 Å². The van der Waals surface area contributed by atoms with E-state index >= 15 is 0 Å². The third-order valence-corrected chi connectivity index (χ3v) is 4.20. The number of hydrogen-bond donors (Lipinski definition) is 0. The van der Waals surface area contributed by atoms with Crippen molar-refractivity contribution in [2.24, 2.45) is 0 Å². The van der Waals surface area contributed by atoms with E-state index in [1.807, 2.05) is 24.3 Å². The quantitative estimate of drug-likeness (QED) is 0.513. The lowest BCUT2D eigenvalue weighted by Gasteiger charge is -2.10. The Balaban J connectivity index is 1.83. The Labute approximate surface area is 153 Å². The highest BCUT2D eigenvalue weighted by Crippen LogP contribution is 2.31. The second-order valence-electron chi connectivity index (χ2n) is 5.93. The molecular weight excluding hydrogens is 348 g/mol. The van der Waals surface area contributed by atoms with E-state index in [0.717, 1.165) is 5.39 Å². The van der Waals surface area contributed by atoms with Gasteiger partial charge >= 0.3 is 11.6 Å². The highest BCUT2D eigenvalue weighted by molar-refractivity contribution is 5.95. The van der Waals surface area contributed by atoms with Crippen molar-refractivity contribution in [3.05, 3.63) is 76.0 Å². The first-order valence-electron chi connectivity index (χ1n) is 8.16. The SMILES string of the molecule is Cc1c(-c2cc3ccccc3o2)oc(=O)c(C)c1C(=O)Oc1ccncn1. The summed E-state index contributed by atoms with van der Waals surface area (Å²) in [5.41, 5.74) is 0.753. The summed E-state index contributed by atoms with van der Waals surface area (Å²) in [6, 6.07) is 10.6. The fourth-order valence-electron chi connectivity index (χ4n) is 2.86. The zero-order valence-electron chi connectivity index (χ0n) is 14.6. The average molecular weight is 362 g/mol. The van der Waals surface area contributed by atoms with Gasteiger partial charge in [0.15, 0.2) is 11.5 Å². The molecule has 134 valence electrons. The molecule has 0 amide bonds. The predicted molar refractivity (Wildman–Crippen MR) is 96.7 cm³/mol. The maximum Gasteiger partial charge on any atom is 0.345 e. The number of para-hydroxylation sites is 1. The number of benzene rings is 1. The maximum atomic E-state index is 12.7. The monoisotopic (exact) mass is 362 g/mol. The second kappa shape index (κ2) is 6.53. The predicted octanol–water partition coefficient (Wildman–Crippen LogP) is 3.68. The number of hydrogen-bond acceptors (Lipinski definition) is 7. The van der Waals surface area contributed by atoms with Crippen molar-refractivity contribution in [3.8, 4) is 17.4 Å². The maximum absolute atomic E-state index is 12.7. The van der Waals surface area contributed by atoms with Crippen LogP contribution in [0.5, 0.6) is 5.88 Å².